The van der Waals surface area contributed by atoms with Gasteiger partial charge in [-0.25, -0.2) is 9.11 Å². The molecule has 0 radical (unpaired) electrons. The van der Waals surface area contributed by atoms with Crippen LogP contribution in [0.3, 0.4) is 0 Å². The largest absolute Gasteiger partial charge is 0.740 e. The smallest absolute Gasteiger partial charge is 0.266 e. The molecule has 0 aliphatic carbocycles. The molecule has 0 aromatic heterocycles. The van der Waals surface area contributed by atoms with Crippen molar-refractivity contribution < 1.29 is 22.5 Å². The monoisotopic (exact) mass is 302 g/mol. The van der Waals surface area contributed by atoms with Crippen LogP contribution in [0.5, 0.6) is 5.75 Å². The normalized spacial score (nSPS) is 15.0. The molecule has 3 rings (SSSR count). The van der Waals surface area contributed by atoms with Gasteiger partial charge >= 0.3 is 0 Å². The molecule has 0 saturated carbocycles. The number of amides is 2. The average molecular weight is 302 g/mol. The third-order valence-electron chi connectivity index (χ3n) is 3.05. The maximum absolute atomic E-state index is 12.2. The average Bonchev–Trinajstić information content (AvgIpc) is 2.72. The molecule has 1 heterocycles. The molecular weight excluding hydrogens is 294 g/mol. The number of carbonyl (C=O) groups excluding carboxylic acids is 2. The molecule has 1 unspecified atom stereocenters. The Kier molecular flexibility index (Phi) is 3.28. The van der Waals surface area contributed by atoms with Gasteiger partial charge in [0.1, 0.15) is 17.1 Å². The Morgan fingerprint density at radius 1 is 0.905 bits per heavy atom. The first-order valence-corrected chi connectivity index (χ1v) is 6.93. The third-order valence-corrected chi connectivity index (χ3v) is 3.38. The van der Waals surface area contributed by atoms with Crippen LogP contribution in [0.25, 0.3) is 0 Å². The topological polar surface area (TPSA) is 86.7 Å². The van der Waals surface area contributed by atoms with Gasteiger partial charge in [0.15, 0.2) is 0 Å². The number of fused-ring (bicyclic) bond motifs is 1. The van der Waals surface area contributed by atoms with Crippen LogP contribution >= 0.6 is 0 Å². The number of rotatable bonds is 3. The summed E-state index contributed by atoms with van der Waals surface area (Å²) in [5.74, 6) is -0.711. The summed E-state index contributed by atoms with van der Waals surface area (Å²) in [6, 6.07) is 12.2. The number of benzene rings is 2. The van der Waals surface area contributed by atoms with Gasteiger partial charge in [-0.1, -0.05) is 12.1 Å². The van der Waals surface area contributed by atoms with Crippen molar-refractivity contribution >= 4 is 28.9 Å². The molecular formula is C14H8NO5S-. The van der Waals surface area contributed by atoms with Crippen LogP contribution in [0.15, 0.2) is 48.5 Å². The molecule has 0 saturated heterocycles. The van der Waals surface area contributed by atoms with Gasteiger partial charge < -0.3 is 8.74 Å². The summed E-state index contributed by atoms with van der Waals surface area (Å²) in [5, 5.41) is 0. The third kappa shape index (κ3) is 2.32. The van der Waals surface area contributed by atoms with Crippen LogP contribution in [-0.2, 0) is 11.4 Å². The molecule has 0 N–H and O–H groups in total. The maximum atomic E-state index is 12.2. The molecule has 6 nitrogen and oxygen atoms in total. The zero-order valence-corrected chi connectivity index (χ0v) is 11.3. The Bertz CT molecular complexity index is 721. The zero-order chi connectivity index (χ0) is 15.0. The van der Waals surface area contributed by atoms with E-state index in [1.165, 1.54) is 24.3 Å². The summed E-state index contributed by atoms with van der Waals surface area (Å²) < 4.78 is 25.3. The Hall–Kier alpha value is -2.51. The van der Waals surface area contributed by atoms with Gasteiger partial charge in [-0.2, -0.15) is 0 Å². The minimum atomic E-state index is -2.67. The number of hydrogen-bond acceptors (Lipinski definition) is 5. The molecule has 106 valence electrons. The minimum Gasteiger partial charge on any atom is -0.740 e. The molecule has 21 heavy (non-hydrogen) atoms. The number of anilines is 1. The van der Waals surface area contributed by atoms with Gasteiger partial charge in [-0.15, -0.1) is 0 Å². The van der Waals surface area contributed by atoms with E-state index in [0.717, 1.165) is 4.90 Å². The van der Waals surface area contributed by atoms with Crippen LogP contribution in [0.1, 0.15) is 20.7 Å². The molecule has 2 aromatic rings. The number of hydrogen-bond donors (Lipinski definition) is 0. The Balaban J connectivity index is 1.94. The number of nitrogens with zero attached hydrogens (tertiary/aromatic N) is 1. The molecule has 7 heteroatoms. The van der Waals surface area contributed by atoms with Gasteiger partial charge in [0.25, 0.3) is 11.8 Å². The Morgan fingerprint density at radius 2 is 1.43 bits per heavy atom. The lowest BCUT2D eigenvalue weighted by Gasteiger charge is -2.14. The van der Waals surface area contributed by atoms with E-state index in [1.54, 1.807) is 24.3 Å². The predicted molar refractivity (Wildman–Crippen MR) is 73.6 cm³/mol. The summed E-state index contributed by atoms with van der Waals surface area (Å²) in [6.07, 6.45) is 0. The van der Waals surface area contributed by atoms with Crippen molar-refractivity contribution in [1.82, 2.24) is 0 Å². The van der Waals surface area contributed by atoms with Crippen molar-refractivity contribution in [3.05, 3.63) is 59.7 Å². The summed E-state index contributed by atoms with van der Waals surface area (Å²) in [4.78, 5) is 25.5. The molecule has 0 fully saturated rings. The SMILES string of the molecule is O=C1c2ccccc2C(=O)N1c1ccc(OS(=O)[O-])cc1. The van der Waals surface area contributed by atoms with Crippen molar-refractivity contribution in [2.45, 2.75) is 0 Å². The van der Waals surface area contributed by atoms with E-state index in [0.29, 0.717) is 16.8 Å². The lowest BCUT2D eigenvalue weighted by Crippen LogP contribution is -2.29. The number of imide groups is 1. The number of carbonyl (C=O) groups is 2. The second-order valence-electron chi connectivity index (χ2n) is 4.27. The van der Waals surface area contributed by atoms with Crippen LogP contribution in [0, 0.1) is 0 Å². The maximum Gasteiger partial charge on any atom is 0.266 e. The minimum absolute atomic E-state index is 0.101. The van der Waals surface area contributed by atoms with Gasteiger partial charge in [0.05, 0.1) is 16.8 Å². The fourth-order valence-corrected chi connectivity index (χ4v) is 2.42. The highest BCUT2D eigenvalue weighted by molar-refractivity contribution is 7.74. The molecule has 0 bridgehead atoms. The lowest BCUT2D eigenvalue weighted by atomic mass is 10.1. The van der Waals surface area contributed by atoms with Crippen molar-refractivity contribution in [2.75, 3.05) is 4.90 Å². The highest BCUT2D eigenvalue weighted by atomic mass is 32.2. The van der Waals surface area contributed by atoms with Gasteiger partial charge in [0, 0.05) is 0 Å². The van der Waals surface area contributed by atoms with Crippen LogP contribution in [0.2, 0.25) is 0 Å². The highest BCUT2D eigenvalue weighted by Gasteiger charge is 2.36. The van der Waals surface area contributed by atoms with Gasteiger partial charge in [0.2, 0.25) is 0 Å². The highest BCUT2D eigenvalue weighted by Crippen LogP contribution is 2.29. The summed E-state index contributed by atoms with van der Waals surface area (Å²) >= 11 is -2.67. The molecule has 2 aromatic carbocycles. The standard InChI is InChI=1S/C14H9NO5S/c16-13-11-3-1-2-4-12(11)14(17)15(13)9-5-7-10(8-6-9)20-21(18)19/h1-8H,(H,18,19)/p-1. The fourth-order valence-electron chi connectivity index (χ4n) is 2.15. The van der Waals surface area contributed by atoms with E-state index in [9.17, 15) is 18.4 Å². The second-order valence-corrected chi connectivity index (χ2v) is 4.85. The van der Waals surface area contributed by atoms with Crippen LogP contribution in [0.4, 0.5) is 5.69 Å². The van der Waals surface area contributed by atoms with Crippen molar-refractivity contribution in [1.29, 1.82) is 0 Å². The Morgan fingerprint density at radius 3 is 1.90 bits per heavy atom. The summed E-state index contributed by atoms with van der Waals surface area (Å²) in [6.45, 7) is 0. The second kappa shape index (κ2) is 5.12. The van der Waals surface area contributed by atoms with E-state index in [-0.39, 0.29) is 5.75 Å². The van der Waals surface area contributed by atoms with E-state index >= 15 is 0 Å². The van der Waals surface area contributed by atoms with E-state index < -0.39 is 23.2 Å². The molecule has 1 atom stereocenters. The molecule has 0 spiro atoms. The van der Waals surface area contributed by atoms with Gasteiger partial charge in [-0.05, 0) is 36.4 Å². The summed E-state index contributed by atoms with van der Waals surface area (Å²) in [7, 11) is 0. The molecule has 1 aliphatic rings. The lowest BCUT2D eigenvalue weighted by molar-refractivity contribution is 0.0926. The van der Waals surface area contributed by atoms with Crippen molar-refractivity contribution in [2.24, 2.45) is 0 Å². The zero-order valence-electron chi connectivity index (χ0n) is 10.5. The fraction of sp³-hybridized carbons (Fsp3) is 0. The Labute approximate surface area is 122 Å². The molecule has 1 aliphatic heterocycles. The predicted octanol–water partition coefficient (Wildman–Crippen LogP) is 1.66. The quantitative estimate of drug-likeness (QED) is 0.635. The van der Waals surface area contributed by atoms with Crippen LogP contribution < -0.4 is 9.08 Å². The van der Waals surface area contributed by atoms with Crippen LogP contribution in [-0.4, -0.2) is 20.6 Å². The van der Waals surface area contributed by atoms with Crippen molar-refractivity contribution in [3.8, 4) is 5.75 Å². The first kappa shape index (κ1) is 13.5. The van der Waals surface area contributed by atoms with E-state index in [1.807, 2.05) is 0 Å². The van der Waals surface area contributed by atoms with E-state index in [4.69, 9.17) is 0 Å². The first-order chi connectivity index (χ1) is 10.1. The van der Waals surface area contributed by atoms with Crippen molar-refractivity contribution in [3.63, 3.8) is 0 Å². The van der Waals surface area contributed by atoms with Gasteiger partial charge in [-0.3, -0.25) is 9.59 Å². The molecule has 2 amide bonds. The van der Waals surface area contributed by atoms with E-state index in [2.05, 4.69) is 4.18 Å². The summed E-state index contributed by atoms with van der Waals surface area (Å²) in [5.41, 5.74) is 1.05. The first-order valence-electron chi connectivity index (χ1n) is 5.93.